The Kier molecular flexibility index (Phi) is 4.98. The maximum atomic E-state index is 12.3. The number of hydrogen-bond acceptors (Lipinski definition) is 6. The molecule has 0 fully saturated rings. The predicted molar refractivity (Wildman–Crippen MR) is 101 cm³/mol. The van der Waals surface area contributed by atoms with Crippen LogP contribution < -0.4 is 9.46 Å². The molecule has 1 N–H and O–H groups in total. The number of para-hydroxylation sites is 1. The van der Waals surface area contributed by atoms with Gasteiger partial charge in [0.25, 0.3) is 0 Å². The van der Waals surface area contributed by atoms with Crippen LogP contribution in [0.15, 0.2) is 46.8 Å². The molecule has 24 heavy (non-hydrogen) atoms. The summed E-state index contributed by atoms with van der Waals surface area (Å²) in [5, 5.41) is -0.0850. The molecule has 2 aromatic carbocycles. The molecule has 0 amide bonds. The van der Waals surface area contributed by atoms with Crippen molar-refractivity contribution in [2.45, 2.75) is 11.3 Å². The molecule has 0 bridgehead atoms. The molecule has 0 aliphatic carbocycles. The fourth-order valence-corrected chi connectivity index (χ4v) is 5.73. The van der Waals surface area contributed by atoms with Gasteiger partial charge in [0, 0.05) is 0 Å². The number of hydrogen-bond donors (Lipinski definition) is 1. The van der Waals surface area contributed by atoms with Gasteiger partial charge in [-0.15, -0.1) is 11.3 Å². The van der Waals surface area contributed by atoms with Gasteiger partial charge in [-0.25, -0.2) is 13.4 Å². The third-order valence-corrected chi connectivity index (χ3v) is 7.32. The predicted octanol–water partition coefficient (Wildman–Crippen LogP) is 4.10. The first-order valence-electron chi connectivity index (χ1n) is 7.10. The van der Waals surface area contributed by atoms with Crippen molar-refractivity contribution >= 4 is 49.0 Å². The number of ether oxygens (including phenoxy) is 1. The summed E-state index contributed by atoms with van der Waals surface area (Å²) in [6.45, 7) is 1.87. The van der Waals surface area contributed by atoms with E-state index >= 15 is 0 Å². The molecule has 1 aromatic heterocycles. The monoisotopic (exact) mass is 380 g/mol. The lowest BCUT2D eigenvalue weighted by atomic mass is 10.2. The van der Waals surface area contributed by atoms with Gasteiger partial charge in [0.2, 0.25) is 10.0 Å². The molecule has 0 aliphatic heterocycles. The van der Waals surface area contributed by atoms with Gasteiger partial charge in [0.05, 0.1) is 23.0 Å². The second kappa shape index (κ2) is 7.00. The number of anilines is 1. The lowest BCUT2D eigenvalue weighted by Crippen LogP contribution is -2.15. The van der Waals surface area contributed by atoms with Crippen molar-refractivity contribution in [2.75, 3.05) is 16.9 Å². The average molecular weight is 381 g/mol. The van der Waals surface area contributed by atoms with Crippen molar-refractivity contribution < 1.29 is 13.2 Å². The summed E-state index contributed by atoms with van der Waals surface area (Å²) in [5.41, 5.74) is 2.33. The number of methoxy groups -OCH3 is 1. The second-order valence-electron chi connectivity index (χ2n) is 5.11. The van der Waals surface area contributed by atoms with Gasteiger partial charge >= 0.3 is 0 Å². The third kappa shape index (κ3) is 4.00. The van der Waals surface area contributed by atoms with Crippen LogP contribution in [0.5, 0.6) is 5.75 Å². The maximum Gasteiger partial charge on any atom is 0.242 e. The minimum Gasteiger partial charge on any atom is -0.497 e. The van der Waals surface area contributed by atoms with E-state index in [0.29, 0.717) is 10.0 Å². The Balaban J connectivity index is 1.71. The molecule has 3 aromatic rings. The van der Waals surface area contributed by atoms with Crippen LogP contribution in [0.1, 0.15) is 5.56 Å². The van der Waals surface area contributed by atoms with Crippen LogP contribution in [0.25, 0.3) is 10.2 Å². The first-order valence-corrected chi connectivity index (χ1v) is 10.6. The van der Waals surface area contributed by atoms with Gasteiger partial charge in [0.1, 0.15) is 10.8 Å². The Bertz CT molecular complexity index is 968. The molecule has 126 valence electrons. The summed E-state index contributed by atoms with van der Waals surface area (Å²) in [4.78, 5) is 4.45. The fourth-order valence-electron chi connectivity index (χ4n) is 2.08. The van der Waals surface area contributed by atoms with Gasteiger partial charge in [0.15, 0.2) is 4.34 Å². The molecule has 0 unspecified atom stereocenters. The van der Waals surface area contributed by atoms with Crippen LogP contribution in [-0.2, 0) is 10.0 Å². The number of aromatic nitrogens is 1. The lowest BCUT2D eigenvalue weighted by molar-refractivity contribution is 0.415. The zero-order valence-electron chi connectivity index (χ0n) is 13.1. The third-order valence-electron chi connectivity index (χ3n) is 3.32. The SMILES string of the molecule is COc1ccc2nc(SCS(=O)(=O)Nc3ccccc3C)sc2c1. The van der Waals surface area contributed by atoms with Crippen LogP contribution in [0.3, 0.4) is 0 Å². The number of rotatable bonds is 6. The molecule has 0 spiro atoms. The van der Waals surface area contributed by atoms with E-state index in [1.807, 2.05) is 37.3 Å². The Hall–Kier alpha value is -1.77. The van der Waals surface area contributed by atoms with Crippen LogP contribution >= 0.6 is 23.1 Å². The largest absolute Gasteiger partial charge is 0.497 e. The highest BCUT2D eigenvalue weighted by Gasteiger charge is 2.14. The Morgan fingerprint density at radius 2 is 2.04 bits per heavy atom. The maximum absolute atomic E-state index is 12.3. The molecule has 0 radical (unpaired) electrons. The number of nitrogens with one attached hydrogen (secondary N) is 1. The molecule has 0 atom stereocenters. The molecule has 3 rings (SSSR count). The van der Waals surface area contributed by atoms with E-state index in [0.717, 1.165) is 21.5 Å². The molecule has 1 heterocycles. The van der Waals surface area contributed by atoms with Crippen molar-refractivity contribution in [3.05, 3.63) is 48.0 Å². The number of thioether (sulfide) groups is 1. The van der Waals surface area contributed by atoms with E-state index in [1.54, 1.807) is 19.2 Å². The normalized spacial score (nSPS) is 11.6. The van der Waals surface area contributed by atoms with Crippen LogP contribution in [0, 0.1) is 6.92 Å². The molecule has 0 saturated carbocycles. The van der Waals surface area contributed by atoms with Crippen molar-refractivity contribution in [1.82, 2.24) is 4.98 Å². The molecular weight excluding hydrogens is 364 g/mol. The van der Waals surface area contributed by atoms with Gasteiger partial charge in [-0.05, 0) is 36.8 Å². The van der Waals surface area contributed by atoms with Gasteiger partial charge in [-0.3, -0.25) is 4.72 Å². The number of benzene rings is 2. The molecule has 5 nitrogen and oxygen atoms in total. The summed E-state index contributed by atoms with van der Waals surface area (Å²) in [5.74, 6) is 0.761. The molecule has 8 heteroatoms. The number of sulfonamides is 1. The summed E-state index contributed by atoms with van der Waals surface area (Å²) in [6.07, 6.45) is 0. The first kappa shape index (κ1) is 17.1. The standard InChI is InChI=1S/C16H16N2O3S3/c1-11-5-3-4-6-13(11)18-24(19,20)10-22-16-17-14-8-7-12(21-2)9-15(14)23-16/h3-9,18H,10H2,1-2H3. The highest BCUT2D eigenvalue weighted by Crippen LogP contribution is 2.32. The van der Waals surface area contributed by atoms with Crippen molar-refractivity contribution in [3.63, 3.8) is 0 Å². The summed E-state index contributed by atoms with van der Waals surface area (Å²) in [7, 11) is -1.84. The fraction of sp³-hybridized carbons (Fsp3) is 0.188. The Morgan fingerprint density at radius 3 is 2.79 bits per heavy atom. The van der Waals surface area contributed by atoms with Gasteiger partial charge in [-0.1, -0.05) is 30.0 Å². The highest BCUT2D eigenvalue weighted by molar-refractivity contribution is 8.13. The quantitative estimate of drug-likeness (QED) is 0.652. The number of fused-ring (bicyclic) bond motifs is 1. The Morgan fingerprint density at radius 1 is 1.25 bits per heavy atom. The zero-order valence-corrected chi connectivity index (χ0v) is 15.6. The molecule has 0 aliphatic rings. The van der Waals surface area contributed by atoms with Crippen LogP contribution in [-0.4, -0.2) is 25.6 Å². The second-order valence-corrected chi connectivity index (χ2v) is 9.45. The average Bonchev–Trinajstić information content (AvgIpc) is 2.97. The van der Waals surface area contributed by atoms with Crippen molar-refractivity contribution in [1.29, 1.82) is 0 Å². The molecular formula is C16H16N2O3S3. The minimum atomic E-state index is -3.45. The number of thiazole rings is 1. The van der Waals surface area contributed by atoms with E-state index in [4.69, 9.17) is 4.74 Å². The van der Waals surface area contributed by atoms with Crippen LogP contribution in [0.4, 0.5) is 5.69 Å². The summed E-state index contributed by atoms with van der Waals surface area (Å²) < 4.78 is 34.0. The lowest BCUT2D eigenvalue weighted by Gasteiger charge is -2.09. The van der Waals surface area contributed by atoms with E-state index < -0.39 is 10.0 Å². The topological polar surface area (TPSA) is 68.3 Å². The van der Waals surface area contributed by atoms with Crippen molar-refractivity contribution in [3.8, 4) is 5.75 Å². The smallest absolute Gasteiger partial charge is 0.242 e. The zero-order chi connectivity index (χ0) is 17.2. The van der Waals surface area contributed by atoms with E-state index in [9.17, 15) is 8.42 Å². The summed E-state index contributed by atoms with van der Waals surface area (Å²) in [6, 6.07) is 12.9. The highest BCUT2D eigenvalue weighted by atomic mass is 32.3. The van der Waals surface area contributed by atoms with Gasteiger partial charge < -0.3 is 4.74 Å². The number of nitrogens with zero attached hydrogens (tertiary/aromatic N) is 1. The van der Waals surface area contributed by atoms with E-state index in [1.165, 1.54) is 23.1 Å². The van der Waals surface area contributed by atoms with Crippen molar-refractivity contribution in [2.24, 2.45) is 0 Å². The summed E-state index contributed by atoms with van der Waals surface area (Å²) >= 11 is 2.66. The van der Waals surface area contributed by atoms with Gasteiger partial charge in [-0.2, -0.15) is 0 Å². The Labute approximate surface area is 149 Å². The molecule has 0 saturated heterocycles. The van der Waals surface area contributed by atoms with E-state index in [-0.39, 0.29) is 5.08 Å². The number of aryl methyl sites for hydroxylation is 1. The minimum absolute atomic E-state index is 0.0850. The first-order chi connectivity index (χ1) is 11.5. The van der Waals surface area contributed by atoms with Crippen LogP contribution in [0.2, 0.25) is 0 Å². The van der Waals surface area contributed by atoms with E-state index in [2.05, 4.69) is 9.71 Å².